The van der Waals surface area contributed by atoms with Crippen molar-refractivity contribution < 1.29 is 27.8 Å². The van der Waals surface area contributed by atoms with E-state index in [0.29, 0.717) is 23.4 Å². The van der Waals surface area contributed by atoms with Crippen LogP contribution in [0, 0.1) is 13.8 Å². The van der Waals surface area contributed by atoms with E-state index < -0.39 is 18.3 Å². The van der Waals surface area contributed by atoms with Gasteiger partial charge in [0.25, 0.3) is 11.7 Å². The minimum atomic E-state index is -2.99. The van der Waals surface area contributed by atoms with Gasteiger partial charge in [0.15, 0.2) is 11.5 Å². The summed E-state index contributed by atoms with van der Waals surface area (Å²) in [6.07, 6.45) is 0.309. The van der Waals surface area contributed by atoms with E-state index in [2.05, 4.69) is 15.2 Å². The number of alkyl halides is 2. The predicted molar refractivity (Wildman–Crippen MR) is 114 cm³/mol. The van der Waals surface area contributed by atoms with Gasteiger partial charge in [-0.25, -0.2) is 4.68 Å². The van der Waals surface area contributed by atoms with Crippen molar-refractivity contribution in [3.63, 3.8) is 0 Å². The van der Waals surface area contributed by atoms with Crippen molar-refractivity contribution in [2.24, 2.45) is 0 Å². The van der Waals surface area contributed by atoms with E-state index >= 15 is 0 Å². The maximum atomic E-state index is 12.7. The fraction of sp³-hybridized carbons (Fsp3) is 0.261. The van der Waals surface area contributed by atoms with Gasteiger partial charge in [-0.05, 0) is 50.1 Å². The summed E-state index contributed by atoms with van der Waals surface area (Å²) < 4.78 is 36.2. The number of benzene rings is 2. The molecule has 0 unspecified atom stereocenters. The molecule has 1 N–H and O–H groups in total. The first kappa shape index (κ1) is 22.9. The van der Waals surface area contributed by atoms with Crippen LogP contribution in [-0.4, -0.2) is 41.7 Å². The van der Waals surface area contributed by atoms with Gasteiger partial charge in [-0.3, -0.25) is 9.59 Å². The Bertz CT molecular complexity index is 1110. The van der Waals surface area contributed by atoms with Crippen LogP contribution in [-0.2, 0) is 11.2 Å². The molecule has 0 aliphatic carbocycles. The van der Waals surface area contributed by atoms with Gasteiger partial charge in [0, 0.05) is 6.54 Å². The second kappa shape index (κ2) is 10.0. The molecule has 168 valence electrons. The molecule has 0 spiro atoms. The lowest BCUT2D eigenvalue weighted by molar-refractivity contribution is -0.116. The van der Waals surface area contributed by atoms with E-state index in [0.717, 1.165) is 5.69 Å². The summed E-state index contributed by atoms with van der Waals surface area (Å²) in [6, 6.07) is 13.9. The number of methoxy groups -OCH3 is 1. The molecule has 0 radical (unpaired) electrons. The second-order valence-corrected chi connectivity index (χ2v) is 6.99. The molecule has 0 aliphatic rings. The summed E-state index contributed by atoms with van der Waals surface area (Å²) in [6.45, 7) is 0.556. The number of halogens is 2. The number of aromatic nitrogens is 2. The first-order chi connectivity index (χ1) is 15.3. The monoisotopic (exact) mass is 443 g/mol. The molecule has 0 fully saturated rings. The molecule has 3 rings (SSSR count). The molecule has 1 heterocycles. The molecule has 2 aromatic carbocycles. The number of ketones is 1. The highest BCUT2D eigenvalue weighted by Crippen LogP contribution is 2.29. The summed E-state index contributed by atoms with van der Waals surface area (Å²) in [4.78, 5) is 25.2. The Balaban J connectivity index is 1.66. The third-order valence-corrected chi connectivity index (χ3v) is 4.87. The number of Topliss-reactive ketones (excluding diaryl/α,β-unsaturated/α-hetero) is 1. The van der Waals surface area contributed by atoms with Crippen molar-refractivity contribution in [1.29, 1.82) is 0 Å². The standard InChI is InChI=1S/C23H23F2N3O4/c1-14-20(15(2)28(27-14)17-7-5-4-6-8-17)21(29)22(30)26-12-11-16-9-10-18(31-3)19(13-16)32-23(24)25/h4-10,13,23H,11-12H2,1-3H3,(H,26,30). The highest BCUT2D eigenvalue weighted by atomic mass is 19.3. The van der Waals surface area contributed by atoms with Gasteiger partial charge < -0.3 is 14.8 Å². The maximum absolute atomic E-state index is 12.7. The molecule has 7 nitrogen and oxygen atoms in total. The lowest BCUT2D eigenvalue weighted by Crippen LogP contribution is -2.33. The fourth-order valence-corrected chi connectivity index (χ4v) is 3.37. The van der Waals surface area contributed by atoms with Crippen molar-refractivity contribution in [2.75, 3.05) is 13.7 Å². The van der Waals surface area contributed by atoms with Crippen LogP contribution in [0.4, 0.5) is 8.78 Å². The van der Waals surface area contributed by atoms with E-state index in [-0.39, 0.29) is 23.6 Å². The third kappa shape index (κ3) is 5.11. The number of para-hydroxylation sites is 1. The molecule has 1 amide bonds. The van der Waals surface area contributed by atoms with Gasteiger partial charge in [-0.1, -0.05) is 24.3 Å². The van der Waals surface area contributed by atoms with Gasteiger partial charge >= 0.3 is 6.61 Å². The number of nitrogens with zero attached hydrogens (tertiary/aromatic N) is 2. The van der Waals surface area contributed by atoms with E-state index in [1.54, 1.807) is 24.6 Å². The van der Waals surface area contributed by atoms with Crippen molar-refractivity contribution in [1.82, 2.24) is 15.1 Å². The summed E-state index contributed by atoms with van der Waals surface area (Å²) >= 11 is 0. The van der Waals surface area contributed by atoms with Gasteiger partial charge in [-0.2, -0.15) is 13.9 Å². The van der Waals surface area contributed by atoms with E-state index in [9.17, 15) is 18.4 Å². The number of ether oxygens (including phenoxy) is 2. The topological polar surface area (TPSA) is 82.5 Å². The zero-order valence-electron chi connectivity index (χ0n) is 17.9. The van der Waals surface area contributed by atoms with Crippen LogP contribution in [0.3, 0.4) is 0 Å². The lowest BCUT2D eigenvalue weighted by Gasteiger charge is -2.12. The van der Waals surface area contributed by atoms with Crippen molar-refractivity contribution in [3.05, 3.63) is 71.0 Å². The lowest BCUT2D eigenvalue weighted by atomic mass is 10.1. The molecule has 9 heteroatoms. The second-order valence-electron chi connectivity index (χ2n) is 6.99. The Kier molecular flexibility index (Phi) is 7.19. The zero-order chi connectivity index (χ0) is 23.3. The predicted octanol–water partition coefficient (Wildman–Crippen LogP) is 3.64. The number of rotatable bonds is 9. The molecule has 0 saturated heterocycles. The van der Waals surface area contributed by atoms with E-state index in [1.807, 2.05) is 30.3 Å². The SMILES string of the molecule is COc1ccc(CCNC(=O)C(=O)c2c(C)nn(-c3ccccc3)c2C)cc1OC(F)F. The van der Waals surface area contributed by atoms with Gasteiger partial charge in [-0.15, -0.1) is 0 Å². The quantitative estimate of drug-likeness (QED) is 0.403. The van der Waals surface area contributed by atoms with Crippen molar-refractivity contribution in [3.8, 4) is 17.2 Å². The maximum Gasteiger partial charge on any atom is 0.387 e. The van der Waals surface area contributed by atoms with Crippen molar-refractivity contribution in [2.45, 2.75) is 26.9 Å². The molecule has 3 aromatic rings. The van der Waals surface area contributed by atoms with Gasteiger partial charge in [0.05, 0.1) is 29.7 Å². The van der Waals surface area contributed by atoms with Crippen LogP contribution in [0.2, 0.25) is 0 Å². The van der Waals surface area contributed by atoms with Crippen LogP contribution in [0.15, 0.2) is 48.5 Å². The molecule has 32 heavy (non-hydrogen) atoms. The summed E-state index contributed by atoms with van der Waals surface area (Å²) in [5.41, 5.74) is 2.70. The van der Waals surface area contributed by atoms with Crippen LogP contribution in [0.5, 0.6) is 11.5 Å². The molecule has 0 bridgehead atoms. The molecule has 1 aromatic heterocycles. The summed E-state index contributed by atoms with van der Waals surface area (Å²) in [5, 5.41) is 6.97. The number of hydrogen-bond donors (Lipinski definition) is 1. The molecular weight excluding hydrogens is 420 g/mol. The zero-order valence-corrected chi connectivity index (χ0v) is 17.9. The molecule has 0 aliphatic heterocycles. The largest absolute Gasteiger partial charge is 0.493 e. The Hall–Kier alpha value is -3.75. The number of nitrogens with one attached hydrogen (secondary N) is 1. The number of carbonyl (C=O) groups is 2. The summed E-state index contributed by atoms with van der Waals surface area (Å²) in [5.74, 6) is -1.36. The number of carbonyl (C=O) groups excluding carboxylic acids is 2. The van der Waals surface area contributed by atoms with Crippen molar-refractivity contribution >= 4 is 11.7 Å². The third-order valence-electron chi connectivity index (χ3n) is 4.87. The highest BCUT2D eigenvalue weighted by Gasteiger charge is 2.24. The minimum absolute atomic E-state index is 0.0954. The summed E-state index contributed by atoms with van der Waals surface area (Å²) in [7, 11) is 1.35. The normalized spacial score (nSPS) is 10.8. The van der Waals surface area contributed by atoms with E-state index in [4.69, 9.17) is 4.74 Å². The Morgan fingerprint density at radius 2 is 1.81 bits per heavy atom. The smallest absolute Gasteiger partial charge is 0.387 e. The molecular formula is C23H23F2N3O4. The Labute approximate surface area is 184 Å². The van der Waals surface area contributed by atoms with Crippen LogP contribution in [0.25, 0.3) is 5.69 Å². The van der Waals surface area contributed by atoms with Crippen LogP contribution < -0.4 is 14.8 Å². The average Bonchev–Trinajstić information content (AvgIpc) is 3.07. The first-order valence-corrected chi connectivity index (χ1v) is 9.87. The van der Waals surface area contributed by atoms with Gasteiger partial charge in [0.1, 0.15) is 0 Å². The minimum Gasteiger partial charge on any atom is -0.493 e. The molecule has 0 saturated carbocycles. The van der Waals surface area contributed by atoms with Crippen LogP contribution >= 0.6 is 0 Å². The average molecular weight is 443 g/mol. The molecule has 0 atom stereocenters. The Morgan fingerprint density at radius 3 is 2.47 bits per heavy atom. The number of amides is 1. The van der Waals surface area contributed by atoms with Gasteiger partial charge in [0.2, 0.25) is 0 Å². The van der Waals surface area contributed by atoms with E-state index in [1.165, 1.54) is 19.2 Å². The first-order valence-electron chi connectivity index (χ1n) is 9.87. The number of hydrogen-bond acceptors (Lipinski definition) is 5. The fourth-order valence-electron chi connectivity index (χ4n) is 3.37. The van der Waals surface area contributed by atoms with Crippen LogP contribution in [0.1, 0.15) is 27.3 Å². The number of aryl methyl sites for hydroxylation is 1. The Morgan fingerprint density at radius 1 is 1.09 bits per heavy atom. The highest BCUT2D eigenvalue weighted by molar-refractivity contribution is 6.43.